The Morgan fingerprint density at radius 2 is 1.95 bits per heavy atom. The standard InChI is InChI=1S/C12H16BrN3O3S/c1-2-20(18,19)16-5-3-15(4-6-16)12(17)10-7-11(13)9-14-8-10/h7-9H,2-6H2,1H3. The van der Waals surface area contributed by atoms with Crippen molar-refractivity contribution in [3.8, 4) is 0 Å². The monoisotopic (exact) mass is 361 g/mol. The zero-order valence-electron chi connectivity index (χ0n) is 11.1. The van der Waals surface area contributed by atoms with Crippen LogP contribution in [0.2, 0.25) is 0 Å². The Kier molecular flexibility index (Phi) is 4.77. The van der Waals surface area contributed by atoms with Crippen LogP contribution >= 0.6 is 15.9 Å². The average molecular weight is 362 g/mol. The van der Waals surface area contributed by atoms with Gasteiger partial charge in [-0.25, -0.2) is 8.42 Å². The van der Waals surface area contributed by atoms with Crippen LogP contribution in [0, 0.1) is 0 Å². The third kappa shape index (κ3) is 3.36. The van der Waals surface area contributed by atoms with Crippen LogP contribution < -0.4 is 0 Å². The van der Waals surface area contributed by atoms with E-state index in [0.717, 1.165) is 4.47 Å². The highest BCUT2D eigenvalue weighted by Crippen LogP contribution is 2.14. The minimum absolute atomic E-state index is 0.0937. The molecule has 8 heteroatoms. The van der Waals surface area contributed by atoms with Gasteiger partial charge in [0.2, 0.25) is 10.0 Å². The molecule has 0 bridgehead atoms. The first-order valence-corrected chi connectivity index (χ1v) is 8.72. The zero-order valence-corrected chi connectivity index (χ0v) is 13.5. The van der Waals surface area contributed by atoms with Gasteiger partial charge in [-0.15, -0.1) is 0 Å². The lowest BCUT2D eigenvalue weighted by atomic mass is 10.2. The van der Waals surface area contributed by atoms with E-state index >= 15 is 0 Å². The predicted molar refractivity (Wildman–Crippen MR) is 78.9 cm³/mol. The summed E-state index contributed by atoms with van der Waals surface area (Å²) in [5.74, 6) is -0.0244. The van der Waals surface area contributed by atoms with Crippen molar-refractivity contribution in [2.75, 3.05) is 31.9 Å². The van der Waals surface area contributed by atoms with Crippen LogP contribution in [0.3, 0.4) is 0 Å². The maximum Gasteiger partial charge on any atom is 0.255 e. The molecule has 2 heterocycles. The van der Waals surface area contributed by atoms with Gasteiger partial charge in [0, 0.05) is 43.0 Å². The number of amides is 1. The number of aromatic nitrogens is 1. The number of carbonyl (C=O) groups excluding carboxylic acids is 1. The SMILES string of the molecule is CCS(=O)(=O)N1CCN(C(=O)c2cncc(Br)c2)CC1. The Hall–Kier alpha value is -0.990. The number of sulfonamides is 1. The summed E-state index contributed by atoms with van der Waals surface area (Å²) in [6.07, 6.45) is 3.13. The molecule has 1 fully saturated rings. The lowest BCUT2D eigenvalue weighted by Gasteiger charge is -2.33. The number of hydrogen-bond donors (Lipinski definition) is 0. The van der Waals surface area contributed by atoms with E-state index in [0.29, 0.717) is 31.7 Å². The van der Waals surface area contributed by atoms with E-state index in [-0.39, 0.29) is 11.7 Å². The molecule has 0 aliphatic carbocycles. The van der Waals surface area contributed by atoms with Crippen LogP contribution in [0.5, 0.6) is 0 Å². The predicted octanol–water partition coefficient (Wildman–Crippen LogP) is 0.952. The highest BCUT2D eigenvalue weighted by molar-refractivity contribution is 9.10. The van der Waals surface area contributed by atoms with Gasteiger partial charge in [-0.05, 0) is 28.9 Å². The van der Waals surface area contributed by atoms with E-state index in [1.165, 1.54) is 10.5 Å². The van der Waals surface area contributed by atoms with Crippen molar-refractivity contribution in [2.45, 2.75) is 6.92 Å². The maximum absolute atomic E-state index is 12.3. The molecule has 0 aromatic carbocycles. The number of piperazine rings is 1. The molecule has 1 aliphatic rings. The fourth-order valence-corrected chi connectivity index (χ4v) is 3.51. The van der Waals surface area contributed by atoms with Crippen molar-refractivity contribution >= 4 is 31.9 Å². The van der Waals surface area contributed by atoms with Crippen LogP contribution in [-0.2, 0) is 10.0 Å². The fraction of sp³-hybridized carbons (Fsp3) is 0.500. The number of nitrogens with zero attached hydrogens (tertiary/aromatic N) is 3. The van der Waals surface area contributed by atoms with E-state index in [9.17, 15) is 13.2 Å². The molecule has 6 nitrogen and oxygen atoms in total. The Morgan fingerprint density at radius 3 is 2.50 bits per heavy atom. The van der Waals surface area contributed by atoms with Crippen molar-refractivity contribution in [1.29, 1.82) is 0 Å². The van der Waals surface area contributed by atoms with Gasteiger partial charge in [0.25, 0.3) is 5.91 Å². The molecule has 0 unspecified atom stereocenters. The molecule has 0 saturated carbocycles. The number of halogens is 1. The molecule has 0 N–H and O–H groups in total. The molecule has 0 atom stereocenters. The molecule has 20 heavy (non-hydrogen) atoms. The molecule has 1 aromatic rings. The lowest BCUT2D eigenvalue weighted by molar-refractivity contribution is 0.0697. The highest BCUT2D eigenvalue weighted by Gasteiger charge is 2.28. The first kappa shape index (κ1) is 15.4. The largest absolute Gasteiger partial charge is 0.336 e. The minimum Gasteiger partial charge on any atom is -0.336 e. The van der Waals surface area contributed by atoms with Gasteiger partial charge >= 0.3 is 0 Å². The van der Waals surface area contributed by atoms with Gasteiger partial charge in [-0.2, -0.15) is 4.31 Å². The molecular weight excluding hydrogens is 346 g/mol. The molecule has 1 aliphatic heterocycles. The van der Waals surface area contributed by atoms with Crippen molar-refractivity contribution in [1.82, 2.24) is 14.2 Å². The fourth-order valence-electron chi connectivity index (χ4n) is 2.06. The van der Waals surface area contributed by atoms with Crippen LogP contribution in [0.4, 0.5) is 0 Å². The quantitative estimate of drug-likeness (QED) is 0.803. The van der Waals surface area contributed by atoms with Gasteiger partial charge in [-0.1, -0.05) is 0 Å². The summed E-state index contributed by atoms with van der Waals surface area (Å²) in [5.41, 5.74) is 0.506. The smallest absolute Gasteiger partial charge is 0.255 e. The second kappa shape index (κ2) is 6.19. The Bertz CT molecular complexity index is 598. The molecule has 1 saturated heterocycles. The van der Waals surface area contributed by atoms with Gasteiger partial charge in [0.15, 0.2) is 0 Å². The second-order valence-corrected chi connectivity index (χ2v) is 7.66. The molecule has 0 spiro atoms. The molecular formula is C12H16BrN3O3S. The van der Waals surface area contributed by atoms with E-state index in [2.05, 4.69) is 20.9 Å². The van der Waals surface area contributed by atoms with Crippen LogP contribution in [0.25, 0.3) is 0 Å². The summed E-state index contributed by atoms with van der Waals surface area (Å²) < 4.78 is 25.7. The molecule has 1 aromatic heterocycles. The first-order chi connectivity index (χ1) is 9.44. The number of pyridine rings is 1. The third-order valence-corrected chi connectivity index (χ3v) is 5.55. The summed E-state index contributed by atoms with van der Waals surface area (Å²) in [6.45, 7) is 3.14. The van der Waals surface area contributed by atoms with Gasteiger partial charge in [0.05, 0.1) is 11.3 Å². The number of rotatable bonds is 3. The summed E-state index contributed by atoms with van der Waals surface area (Å²) in [5, 5.41) is 0. The van der Waals surface area contributed by atoms with Crippen LogP contribution in [0.15, 0.2) is 22.9 Å². The van der Waals surface area contributed by atoms with E-state index in [1.807, 2.05) is 0 Å². The first-order valence-electron chi connectivity index (χ1n) is 6.31. The van der Waals surface area contributed by atoms with Crippen LogP contribution in [0.1, 0.15) is 17.3 Å². The molecule has 110 valence electrons. The molecule has 0 radical (unpaired) electrons. The van der Waals surface area contributed by atoms with Gasteiger partial charge in [0.1, 0.15) is 0 Å². The third-order valence-electron chi connectivity index (χ3n) is 3.24. The Labute approximate surface area is 127 Å². The molecule has 2 rings (SSSR count). The van der Waals surface area contributed by atoms with E-state index < -0.39 is 10.0 Å². The van der Waals surface area contributed by atoms with Crippen molar-refractivity contribution in [2.24, 2.45) is 0 Å². The minimum atomic E-state index is -3.17. The summed E-state index contributed by atoms with van der Waals surface area (Å²) >= 11 is 3.28. The highest BCUT2D eigenvalue weighted by atomic mass is 79.9. The normalized spacial score (nSPS) is 17.2. The van der Waals surface area contributed by atoms with E-state index in [1.54, 1.807) is 24.1 Å². The van der Waals surface area contributed by atoms with Gasteiger partial charge in [-0.3, -0.25) is 9.78 Å². The summed E-state index contributed by atoms with van der Waals surface area (Å²) in [4.78, 5) is 17.9. The zero-order chi connectivity index (χ0) is 14.8. The van der Waals surface area contributed by atoms with Crippen molar-refractivity contribution in [3.63, 3.8) is 0 Å². The lowest BCUT2D eigenvalue weighted by Crippen LogP contribution is -2.50. The average Bonchev–Trinajstić information content (AvgIpc) is 2.46. The topological polar surface area (TPSA) is 70.6 Å². The van der Waals surface area contributed by atoms with Crippen molar-refractivity contribution < 1.29 is 13.2 Å². The number of carbonyl (C=O) groups is 1. The van der Waals surface area contributed by atoms with Gasteiger partial charge < -0.3 is 4.90 Å². The Balaban J connectivity index is 2.02. The van der Waals surface area contributed by atoms with Crippen molar-refractivity contribution in [3.05, 3.63) is 28.5 Å². The second-order valence-electron chi connectivity index (χ2n) is 4.48. The summed E-state index contributed by atoms with van der Waals surface area (Å²) in [7, 11) is -3.17. The van der Waals surface area contributed by atoms with Crippen LogP contribution in [-0.4, -0.2) is 60.4 Å². The molecule has 1 amide bonds. The summed E-state index contributed by atoms with van der Waals surface area (Å²) in [6, 6.07) is 1.71. The maximum atomic E-state index is 12.3. The van der Waals surface area contributed by atoms with E-state index in [4.69, 9.17) is 0 Å². The number of hydrogen-bond acceptors (Lipinski definition) is 4. The Morgan fingerprint density at radius 1 is 1.30 bits per heavy atom.